The van der Waals surface area contributed by atoms with Crippen molar-refractivity contribution in [1.29, 1.82) is 5.41 Å². The zero-order valence-corrected chi connectivity index (χ0v) is 6.74. The van der Waals surface area contributed by atoms with Gasteiger partial charge in [-0.1, -0.05) is 0 Å². The minimum atomic E-state index is -4.61. The molecule has 1 rings (SSSR count). The maximum absolute atomic E-state index is 12.1. The zero-order chi connectivity index (χ0) is 10.1. The molecule has 1 aliphatic rings. The third-order valence-electron chi connectivity index (χ3n) is 1.73. The number of alkyl halides is 3. The summed E-state index contributed by atoms with van der Waals surface area (Å²) in [6.45, 7) is 0.169. The minimum Gasteiger partial charge on any atom is -0.400 e. The number of ether oxygens (including phenoxy) is 1. The van der Waals surface area contributed by atoms with E-state index in [1.807, 2.05) is 0 Å². The first-order chi connectivity index (χ1) is 5.93. The normalized spacial score (nSPS) is 19.0. The van der Waals surface area contributed by atoms with Gasteiger partial charge in [0.05, 0.1) is 13.2 Å². The molecule has 0 saturated carbocycles. The van der Waals surface area contributed by atoms with Crippen LogP contribution in [0.2, 0.25) is 0 Å². The topological polar surface area (TPSA) is 59.1 Å². The van der Waals surface area contributed by atoms with Crippen LogP contribution in [-0.2, 0) is 4.74 Å². The Labute approximate surface area is 72.9 Å². The lowest BCUT2D eigenvalue weighted by atomic mass is 10.0. The molecule has 0 radical (unpaired) electrons. The highest BCUT2D eigenvalue weighted by Crippen LogP contribution is 2.25. The monoisotopic (exact) mass is 194 g/mol. The van der Waals surface area contributed by atoms with Crippen molar-refractivity contribution in [3.05, 3.63) is 11.3 Å². The second-order valence-corrected chi connectivity index (χ2v) is 2.68. The molecule has 0 unspecified atom stereocenters. The number of rotatable bonds is 1. The van der Waals surface area contributed by atoms with Gasteiger partial charge in [-0.3, -0.25) is 5.41 Å². The van der Waals surface area contributed by atoms with Gasteiger partial charge in [0.2, 0.25) is 0 Å². The summed E-state index contributed by atoms with van der Waals surface area (Å²) in [7, 11) is 0. The van der Waals surface area contributed by atoms with Crippen LogP contribution in [-0.4, -0.2) is 25.1 Å². The van der Waals surface area contributed by atoms with Crippen molar-refractivity contribution in [2.24, 2.45) is 5.73 Å². The smallest absolute Gasteiger partial charge is 0.400 e. The lowest BCUT2D eigenvalue weighted by molar-refractivity contribution is -0.0594. The van der Waals surface area contributed by atoms with Gasteiger partial charge in [0, 0.05) is 11.3 Å². The van der Waals surface area contributed by atoms with Crippen LogP contribution in [0.5, 0.6) is 0 Å². The second kappa shape index (κ2) is 3.37. The van der Waals surface area contributed by atoms with Crippen LogP contribution >= 0.6 is 0 Å². The maximum atomic E-state index is 12.1. The fourth-order valence-electron chi connectivity index (χ4n) is 1.06. The first kappa shape index (κ1) is 10.0. The molecule has 13 heavy (non-hydrogen) atoms. The Hall–Kier alpha value is -1.04. The molecule has 6 heteroatoms. The molecule has 74 valence electrons. The average Bonchev–Trinajstić information content (AvgIpc) is 2.02. The van der Waals surface area contributed by atoms with Gasteiger partial charge in [-0.05, 0) is 6.42 Å². The Morgan fingerprint density at radius 1 is 1.46 bits per heavy atom. The molecule has 0 aromatic carbocycles. The van der Waals surface area contributed by atoms with E-state index in [1.165, 1.54) is 0 Å². The first-order valence-corrected chi connectivity index (χ1v) is 3.64. The van der Waals surface area contributed by atoms with Crippen molar-refractivity contribution in [2.75, 3.05) is 13.2 Å². The summed E-state index contributed by atoms with van der Waals surface area (Å²) in [5.41, 5.74) is 3.80. The molecular weight excluding hydrogens is 185 g/mol. The van der Waals surface area contributed by atoms with E-state index >= 15 is 0 Å². The molecule has 1 heterocycles. The summed E-state index contributed by atoms with van der Waals surface area (Å²) in [6, 6.07) is 0. The highest BCUT2D eigenvalue weighted by Gasteiger charge is 2.37. The van der Waals surface area contributed by atoms with Gasteiger partial charge in [-0.25, -0.2) is 0 Å². The summed E-state index contributed by atoms with van der Waals surface area (Å²) in [4.78, 5) is 0. The maximum Gasteiger partial charge on any atom is 0.432 e. The van der Waals surface area contributed by atoms with Crippen LogP contribution in [0.4, 0.5) is 13.2 Å². The van der Waals surface area contributed by atoms with Crippen molar-refractivity contribution in [3.63, 3.8) is 0 Å². The summed E-state index contributed by atoms with van der Waals surface area (Å²) < 4.78 is 41.0. The van der Waals surface area contributed by atoms with E-state index < -0.39 is 11.9 Å². The Balaban J connectivity index is 2.87. The van der Waals surface area contributed by atoms with Gasteiger partial charge in [0.1, 0.15) is 5.71 Å². The van der Waals surface area contributed by atoms with Crippen molar-refractivity contribution in [1.82, 2.24) is 0 Å². The fraction of sp³-hybridized carbons (Fsp3) is 0.571. The molecule has 1 aliphatic heterocycles. The zero-order valence-electron chi connectivity index (χ0n) is 6.74. The molecule has 0 aliphatic carbocycles. The van der Waals surface area contributed by atoms with E-state index in [-0.39, 0.29) is 30.9 Å². The molecule has 0 aromatic heterocycles. The van der Waals surface area contributed by atoms with Crippen molar-refractivity contribution in [2.45, 2.75) is 12.6 Å². The summed E-state index contributed by atoms with van der Waals surface area (Å²) in [5.74, 6) is 0. The molecular formula is C7H9F3N2O. The summed E-state index contributed by atoms with van der Waals surface area (Å²) in [6.07, 6.45) is -4.55. The predicted molar refractivity (Wildman–Crippen MR) is 40.4 cm³/mol. The molecule has 3 nitrogen and oxygen atoms in total. The van der Waals surface area contributed by atoms with Crippen LogP contribution in [0.3, 0.4) is 0 Å². The SMILES string of the molecule is N=C(C1=C(N)COCC1)C(F)(F)F. The third kappa shape index (κ3) is 2.21. The number of hydrogen-bond acceptors (Lipinski definition) is 3. The number of hydrogen-bond donors (Lipinski definition) is 2. The predicted octanol–water partition coefficient (Wildman–Crippen LogP) is 1.20. The largest absolute Gasteiger partial charge is 0.432 e. The third-order valence-corrected chi connectivity index (χ3v) is 1.73. The van der Waals surface area contributed by atoms with Gasteiger partial charge in [-0.15, -0.1) is 0 Å². The van der Waals surface area contributed by atoms with Gasteiger partial charge >= 0.3 is 6.18 Å². The van der Waals surface area contributed by atoms with Gasteiger partial charge in [-0.2, -0.15) is 13.2 Å². The molecule has 0 atom stereocenters. The van der Waals surface area contributed by atoms with E-state index in [1.54, 1.807) is 0 Å². The van der Waals surface area contributed by atoms with E-state index in [9.17, 15) is 13.2 Å². The van der Waals surface area contributed by atoms with Crippen molar-refractivity contribution in [3.8, 4) is 0 Å². The Bertz CT molecular complexity index is 257. The van der Waals surface area contributed by atoms with E-state index in [0.29, 0.717) is 0 Å². The fourth-order valence-corrected chi connectivity index (χ4v) is 1.06. The van der Waals surface area contributed by atoms with Crippen LogP contribution < -0.4 is 5.73 Å². The second-order valence-electron chi connectivity index (χ2n) is 2.68. The number of halogens is 3. The van der Waals surface area contributed by atoms with Crippen molar-refractivity contribution < 1.29 is 17.9 Å². The number of nitrogens with one attached hydrogen (secondary N) is 1. The quantitative estimate of drug-likeness (QED) is 0.616. The lowest BCUT2D eigenvalue weighted by Crippen LogP contribution is -2.30. The number of nitrogens with two attached hydrogens (primary N) is 1. The Morgan fingerprint density at radius 2 is 2.08 bits per heavy atom. The van der Waals surface area contributed by atoms with Crippen LogP contribution in [0.25, 0.3) is 0 Å². The molecule has 0 bridgehead atoms. The highest BCUT2D eigenvalue weighted by atomic mass is 19.4. The first-order valence-electron chi connectivity index (χ1n) is 3.64. The van der Waals surface area contributed by atoms with Crippen LogP contribution in [0.1, 0.15) is 6.42 Å². The molecule has 0 fully saturated rings. The average molecular weight is 194 g/mol. The minimum absolute atomic E-state index is 0.00794. The molecule has 0 spiro atoms. The van der Waals surface area contributed by atoms with Gasteiger partial charge in [0.25, 0.3) is 0 Å². The van der Waals surface area contributed by atoms with Gasteiger partial charge in [0.15, 0.2) is 0 Å². The molecule has 0 saturated heterocycles. The van der Waals surface area contributed by atoms with E-state index in [2.05, 4.69) is 0 Å². The molecule has 0 amide bonds. The summed E-state index contributed by atoms with van der Waals surface area (Å²) >= 11 is 0. The van der Waals surface area contributed by atoms with Crippen molar-refractivity contribution >= 4 is 5.71 Å². The van der Waals surface area contributed by atoms with E-state index in [0.717, 1.165) is 0 Å². The van der Waals surface area contributed by atoms with Crippen LogP contribution in [0.15, 0.2) is 11.3 Å². The highest BCUT2D eigenvalue weighted by molar-refractivity contribution is 6.02. The van der Waals surface area contributed by atoms with Gasteiger partial charge < -0.3 is 10.5 Å². The summed E-state index contributed by atoms with van der Waals surface area (Å²) in [5, 5.41) is 6.85. The van der Waals surface area contributed by atoms with E-state index in [4.69, 9.17) is 15.9 Å². The molecule has 3 N–H and O–H groups in total. The Morgan fingerprint density at radius 3 is 2.54 bits per heavy atom. The lowest BCUT2D eigenvalue weighted by Gasteiger charge is -2.19. The van der Waals surface area contributed by atoms with Crippen LogP contribution in [0, 0.1) is 5.41 Å². The standard InChI is InChI=1S/C7H9F3N2O/c8-7(9,10)6(12)4-1-2-13-3-5(4)11/h12H,1-3,11H2. The Kier molecular flexibility index (Phi) is 2.60. The molecule has 0 aromatic rings.